The smallest absolute Gasteiger partial charge is 0.248 e. The van der Waals surface area contributed by atoms with E-state index in [1.165, 1.54) is 22.6 Å². The van der Waals surface area contributed by atoms with Crippen molar-refractivity contribution in [3.05, 3.63) is 81.6 Å². The van der Waals surface area contributed by atoms with Gasteiger partial charge in [0.1, 0.15) is 0 Å². The predicted octanol–water partition coefficient (Wildman–Crippen LogP) is 3.76. The lowest BCUT2D eigenvalue weighted by Gasteiger charge is -2.35. The fourth-order valence-electron chi connectivity index (χ4n) is 3.96. The fourth-order valence-corrected chi connectivity index (χ4v) is 4.55. The van der Waals surface area contributed by atoms with Gasteiger partial charge in [0.2, 0.25) is 5.91 Å². The Morgan fingerprint density at radius 3 is 3.04 bits per heavy atom. The third-order valence-corrected chi connectivity index (χ3v) is 6.17. The van der Waals surface area contributed by atoms with Crippen LogP contribution in [-0.2, 0) is 19.4 Å². The molecular weight excluding hydrogens is 368 g/mol. The zero-order valence-electron chi connectivity index (χ0n) is 15.8. The summed E-state index contributed by atoms with van der Waals surface area (Å²) in [5, 5.41) is 0. The Hall–Kier alpha value is -2.57. The highest BCUT2D eigenvalue weighted by atomic mass is 32.1. The largest absolute Gasteiger partial charge is 0.366 e. The number of carbonyl (C=O) groups excluding carboxylic acids is 1. The Morgan fingerprint density at radius 2 is 2.21 bits per heavy atom. The van der Waals surface area contributed by atoms with Crippen molar-refractivity contribution in [1.82, 2.24) is 14.9 Å². The molecule has 0 saturated heterocycles. The Balaban J connectivity index is 1.61. The van der Waals surface area contributed by atoms with Crippen molar-refractivity contribution < 1.29 is 4.79 Å². The van der Waals surface area contributed by atoms with E-state index in [0.717, 1.165) is 37.9 Å². The number of rotatable bonds is 7. The molecule has 1 unspecified atom stereocenters. The monoisotopic (exact) mass is 392 g/mol. The summed E-state index contributed by atoms with van der Waals surface area (Å²) in [6, 6.07) is 12.2. The highest BCUT2D eigenvalue weighted by Gasteiger charge is 2.27. The molecule has 1 aliphatic rings. The molecule has 28 heavy (non-hydrogen) atoms. The van der Waals surface area contributed by atoms with Crippen LogP contribution in [0, 0.1) is 0 Å². The van der Waals surface area contributed by atoms with E-state index in [-0.39, 0.29) is 11.9 Å². The summed E-state index contributed by atoms with van der Waals surface area (Å²) in [5.41, 5.74) is 11.6. The van der Waals surface area contributed by atoms with E-state index in [1.54, 1.807) is 17.4 Å². The van der Waals surface area contributed by atoms with Gasteiger partial charge in [0, 0.05) is 35.9 Å². The molecule has 0 radical (unpaired) electrons. The van der Waals surface area contributed by atoms with E-state index in [9.17, 15) is 4.79 Å². The van der Waals surface area contributed by atoms with Gasteiger partial charge in [-0.05, 0) is 55.0 Å². The third-order valence-electron chi connectivity index (χ3n) is 5.33. The normalized spacial score (nSPS) is 16.1. The van der Waals surface area contributed by atoms with E-state index < -0.39 is 0 Å². The number of hydrogen-bond donors (Lipinski definition) is 1. The van der Waals surface area contributed by atoms with E-state index >= 15 is 0 Å². The summed E-state index contributed by atoms with van der Waals surface area (Å²) in [4.78, 5) is 24.3. The van der Waals surface area contributed by atoms with Crippen molar-refractivity contribution in [2.45, 2.75) is 38.3 Å². The molecule has 2 aromatic heterocycles. The molecule has 0 saturated carbocycles. The number of carbonyl (C=O) groups is 1. The molecule has 0 bridgehead atoms. The number of primary amides is 1. The Morgan fingerprint density at radius 1 is 1.29 bits per heavy atom. The van der Waals surface area contributed by atoms with Gasteiger partial charge in [0.15, 0.2) is 0 Å². The lowest BCUT2D eigenvalue weighted by Crippen LogP contribution is -2.33. The van der Waals surface area contributed by atoms with Crippen molar-refractivity contribution in [2.75, 3.05) is 6.54 Å². The maximum absolute atomic E-state index is 11.6. The number of thiazole rings is 1. The average Bonchev–Trinajstić information content (AvgIpc) is 3.24. The molecule has 1 aromatic carbocycles. The van der Waals surface area contributed by atoms with Crippen LogP contribution in [-0.4, -0.2) is 27.3 Å². The predicted molar refractivity (Wildman–Crippen MR) is 111 cm³/mol. The number of fused-ring (bicyclic) bond motifs is 1. The van der Waals surface area contributed by atoms with Crippen LogP contribution in [0.2, 0.25) is 0 Å². The van der Waals surface area contributed by atoms with Gasteiger partial charge in [-0.2, -0.15) is 0 Å². The summed E-state index contributed by atoms with van der Waals surface area (Å²) >= 11 is 1.70. The summed E-state index contributed by atoms with van der Waals surface area (Å²) in [7, 11) is 0. The molecule has 2 heterocycles. The SMILES string of the molecule is NC(=O)c1cccc(CN(CCc2cncs2)C2CCCc3cccnc32)c1. The maximum Gasteiger partial charge on any atom is 0.248 e. The Kier molecular flexibility index (Phi) is 5.78. The van der Waals surface area contributed by atoms with Crippen LogP contribution in [0.5, 0.6) is 0 Å². The van der Waals surface area contributed by atoms with E-state index in [2.05, 4.69) is 22.0 Å². The minimum absolute atomic E-state index is 0.287. The topological polar surface area (TPSA) is 72.1 Å². The zero-order valence-corrected chi connectivity index (χ0v) is 16.6. The van der Waals surface area contributed by atoms with Crippen molar-refractivity contribution in [3.8, 4) is 0 Å². The molecule has 6 heteroatoms. The number of nitrogens with two attached hydrogens (primary N) is 1. The molecule has 5 nitrogen and oxygen atoms in total. The number of aryl methyl sites for hydroxylation is 1. The number of pyridine rings is 1. The molecule has 1 aliphatic carbocycles. The van der Waals surface area contributed by atoms with Gasteiger partial charge in [-0.1, -0.05) is 18.2 Å². The van der Waals surface area contributed by atoms with E-state index in [1.807, 2.05) is 36.1 Å². The highest BCUT2D eigenvalue weighted by molar-refractivity contribution is 7.09. The van der Waals surface area contributed by atoms with Gasteiger partial charge in [-0.25, -0.2) is 0 Å². The number of hydrogen-bond acceptors (Lipinski definition) is 5. The number of aromatic nitrogens is 2. The quantitative estimate of drug-likeness (QED) is 0.664. The highest BCUT2D eigenvalue weighted by Crippen LogP contribution is 2.34. The second-order valence-corrected chi connectivity index (χ2v) is 8.18. The zero-order chi connectivity index (χ0) is 19.3. The molecule has 0 fully saturated rings. The Labute approximate surface area is 169 Å². The van der Waals surface area contributed by atoms with Crippen LogP contribution in [0.15, 0.2) is 54.3 Å². The Bertz CT molecular complexity index is 941. The second-order valence-electron chi connectivity index (χ2n) is 7.21. The van der Waals surface area contributed by atoms with Crippen LogP contribution in [0.1, 0.15) is 50.9 Å². The molecular formula is C22H24N4OS. The maximum atomic E-state index is 11.6. The van der Waals surface area contributed by atoms with Crippen LogP contribution < -0.4 is 5.73 Å². The van der Waals surface area contributed by atoms with Gasteiger partial charge < -0.3 is 5.73 Å². The number of amides is 1. The van der Waals surface area contributed by atoms with Crippen LogP contribution >= 0.6 is 11.3 Å². The van der Waals surface area contributed by atoms with Crippen LogP contribution in [0.3, 0.4) is 0 Å². The third kappa shape index (κ3) is 4.29. The van der Waals surface area contributed by atoms with Gasteiger partial charge >= 0.3 is 0 Å². The number of benzene rings is 1. The first-order valence-corrected chi connectivity index (χ1v) is 10.5. The van der Waals surface area contributed by atoms with Crippen LogP contribution in [0.25, 0.3) is 0 Å². The van der Waals surface area contributed by atoms with Crippen molar-refractivity contribution in [2.24, 2.45) is 5.73 Å². The van der Waals surface area contributed by atoms with Gasteiger partial charge in [-0.15, -0.1) is 11.3 Å². The second kappa shape index (κ2) is 8.63. The van der Waals surface area contributed by atoms with Gasteiger partial charge in [0.05, 0.1) is 17.2 Å². The standard InChI is InChI=1S/C22H24N4OS/c23-22(27)18-6-1-4-16(12-18)14-26(11-9-19-13-24-15-28-19)20-8-2-5-17-7-3-10-25-21(17)20/h1,3-4,6-7,10,12-13,15,20H,2,5,8-9,11,14H2,(H2,23,27). The fraction of sp³-hybridized carbons (Fsp3) is 0.318. The number of nitrogens with zero attached hydrogens (tertiary/aromatic N) is 3. The van der Waals surface area contributed by atoms with E-state index in [0.29, 0.717) is 5.56 Å². The average molecular weight is 393 g/mol. The lowest BCUT2D eigenvalue weighted by molar-refractivity contribution is 0.1000. The first-order valence-electron chi connectivity index (χ1n) is 9.64. The molecule has 0 aliphatic heterocycles. The minimum atomic E-state index is -0.386. The first-order chi connectivity index (χ1) is 13.7. The molecule has 2 N–H and O–H groups in total. The van der Waals surface area contributed by atoms with Gasteiger partial charge in [0.25, 0.3) is 0 Å². The summed E-state index contributed by atoms with van der Waals surface area (Å²) < 4.78 is 0. The van der Waals surface area contributed by atoms with Gasteiger partial charge in [-0.3, -0.25) is 19.7 Å². The lowest BCUT2D eigenvalue weighted by atomic mass is 9.90. The molecule has 3 aromatic rings. The van der Waals surface area contributed by atoms with Crippen molar-refractivity contribution >= 4 is 17.2 Å². The molecule has 144 valence electrons. The van der Waals surface area contributed by atoms with Crippen molar-refractivity contribution in [1.29, 1.82) is 0 Å². The molecule has 0 spiro atoms. The van der Waals surface area contributed by atoms with Crippen molar-refractivity contribution in [3.63, 3.8) is 0 Å². The molecule has 4 rings (SSSR count). The van der Waals surface area contributed by atoms with Crippen LogP contribution in [0.4, 0.5) is 0 Å². The molecule has 1 amide bonds. The summed E-state index contributed by atoms with van der Waals surface area (Å²) in [6.07, 6.45) is 8.16. The van der Waals surface area contributed by atoms with E-state index in [4.69, 9.17) is 10.7 Å². The first kappa shape index (κ1) is 18.8. The summed E-state index contributed by atoms with van der Waals surface area (Å²) in [6.45, 7) is 1.68. The minimum Gasteiger partial charge on any atom is -0.366 e. The summed E-state index contributed by atoms with van der Waals surface area (Å²) in [5.74, 6) is -0.386. The molecule has 1 atom stereocenters.